The standard InChI is InChI=1S/C15H8F6N2O6/c16-13(14(17,18)15(19,20)21,7-1-3-11(24)9(5-7)22(26)27)8-2-4-12(25)10(6-8)23(28)29/h1-6,24-25H. The average Bonchev–Trinajstić information content (AvgIpc) is 2.60. The van der Waals surface area contributed by atoms with Gasteiger partial charge in [0.2, 0.25) is 5.67 Å². The number of nitro groups is 2. The fraction of sp³-hybridized carbons (Fsp3) is 0.200. The molecule has 2 rings (SSSR count). The second-order valence-electron chi connectivity index (χ2n) is 5.65. The lowest BCUT2D eigenvalue weighted by Crippen LogP contribution is -2.53. The monoisotopic (exact) mass is 426 g/mol. The zero-order chi connectivity index (χ0) is 22.4. The van der Waals surface area contributed by atoms with Crippen molar-refractivity contribution in [2.45, 2.75) is 17.8 Å². The van der Waals surface area contributed by atoms with Crippen LogP contribution in [0.5, 0.6) is 11.5 Å². The van der Waals surface area contributed by atoms with Crippen LogP contribution >= 0.6 is 0 Å². The lowest BCUT2D eigenvalue weighted by Gasteiger charge is -2.35. The Hall–Kier alpha value is -3.58. The molecule has 2 N–H and O–H groups in total. The Labute approximate surface area is 155 Å². The minimum absolute atomic E-state index is 0.0479. The van der Waals surface area contributed by atoms with E-state index in [1.54, 1.807) is 0 Å². The number of phenols is 2. The largest absolute Gasteiger partial charge is 0.502 e. The number of phenolic OH excluding ortho intramolecular Hbond substituents is 2. The predicted octanol–water partition coefficient (Wildman–Crippen LogP) is 4.32. The Morgan fingerprint density at radius 2 is 1.07 bits per heavy atom. The van der Waals surface area contributed by atoms with Crippen LogP contribution < -0.4 is 0 Å². The highest BCUT2D eigenvalue weighted by Crippen LogP contribution is 2.55. The fourth-order valence-corrected chi connectivity index (χ4v) is 2.49. The van der Waals surface area contributed by atoms with Crippen LogP contribution in [0.15, 0.2) is 36.4 Å². The SMILES string of the molecule is O=[N+]([O-])c1cc(C(F)(c2ccc(O)c([N+](=O)[O-])c2)C(F)(F)C(F)(F)F)ccc1O. The molecule has 156 valence electrons. The minimum atomic E-state index is -6.53. The maximum Gasteiger partial charge on any atom is 0.457 e. The van der Waals surface area contributed by atoms with Crippen molar-refractivity contribution in [1.29, 1.82) is 0 Å². The van der Waals surface area contributed by atoms with Crippen molar-refractivity contribution in [1.82, 2.24) is 0 Å². The molecule has 2 aromatic carbocycles. The molecule has 29 heavy (non-hydrogen) atoms. The molecule has 0 fully saturated rings. The lowest BCUT2D eigenvalue weighted by molar-refractivity contribution is -0.386. The van der Waals surface area contributed by atoms with Crippen LogP contribution in [-0.4, -0.2) is 32.2 Å². The molecular weight excluding hydrogens is 418 g/mol. The lowest BCUT2D eigenvalue weighted by atomic mass is 9.81. The van der Waals surface area contributed by atoms with Crippen molar-refractivity contribution in [3.05, 3.63) is 67.8 Å². The molecule has 0 aliphatic rings. The summed E-state index contributed by atoms with van der Waals surface area (Å²) in [5.74, 6) is -8.52. The smallest absolute Gasteiger partial charge is 0.457 e. The fourth-order valence-electron chi connectivity index (χ4n) is 2.49. The topological polar surface area (TPSA) is 127 Å². The number of alkyl halides is 6. The zero-order valence-electron chi connectivity index (χ0n) is 13.7. The number of aromatic hydroxyl groups is 2. The van der Waals surface area contributed by atoms with Gasteiger partial charge in [0.1, 0.15) is 0 Å². The van der Waals surface area contributed by atoms with Gasteiger partial charge in [-0.2, -0.15) is 22.0 Å². The first-order valence-electron chi connectivity index (χ1n) is 7.23. The summed E-state index contributed by atoms with van der Waals surface area (Å²) < 4.78 is 83.2. The molecule has 0 saturated carbocycles. The number of halogens is 6. The third-order valence-corrected chi connectivity index (χ3v) is 3.93. The molecule has 0 bridgehead atoms. The molecule has 0 atom stereocenters. The van der Waals surface area contributed by atoms with Crippen molar-refractivity contribution < 1.29 is 46.4 Å². The van der Waals surface area contributed by atoms with Crippen molar-refractivity contribution in [2.75, 3.05) is 0 Å². The summed E-state index contributed by atoms with van der Waals surface area (Å²) in [5, 5.41) is 40.4. The van der Waals surface area contributed by atoms with Gasteiger partial charge in [-0.15, -0.1) is 0 Å². The van der Waals surface area contributed by atoms with Gasteiger partial charge in [-0.25, -0.2) is 4.39 Å². The van der Waals surface area contributed by atoms with Crippen LogP contribution in [0, 0.1) is 20.2 Å². The van der Waals surface area contributed by atoms with Gasteiger partial charge in [0.05, 0.1) is 9.85 Å². The van der Waals surface area contributed by atoms with E-state index in [0.29, 0.717) is 12.1 Å². The molecular formula is C15H8F6N2O6. The van der Waals surface area contributed by atoms with Crippen molar-refractivity contribution >= 4 is 11.4 Å². The molecule has 0 radical (unpaired) electrons. The third-order valence-electron chi connectivity index (χ3n) is 3.93. The quantitative estimate of drug-likeness (QED) is 0.416. The molecule has 14 heteroatoms. The Bertz CT molecular complexity index is 930. The summed E-state index contributed by atoms with van der Waals surface area (Å²) in [6.45, 7) is 0. The summed E-state index contributed by atoms with van der Waals surface area (Å²) >= 11 is 0. The van der Waals surface area contributed by atoms with Crippen LogP contribution in [0.4, 0.5) is 37.7 Å². The maximum atomic E-state index is 15.6. The van der Waals surface area contributed by atoms with Gasteiger partial charge in [0, 0.05) is 23.3 Å². The first-order chi connectivity index (χ1) is 13.1. The minimum Gasteiger partial charge on any atom is -0.502 e. The number of hydrogen-bond donors (Lipinski definition) is 2. The molecule has 0 unspecified atom stereocenters. The molecule has 0 heterocycles. The van der Waals surface area contributed by atoms with Crippen molar-refractivity contribution in [2.24, 2.45) is 0 Å². The van der Waals surface area contributed by atoms with E-state index >= 15 is 4.39 Å². The number of rotatable bonds is 5. The zero-order valence-corrected chi connectivity index (χ0v) is 13.7. The molecule has 0 saturated heterocycles. The third kappa shape index (κ3) is 3.36. The number of nitrogens with zero attached hydrogens (tertiary/aromatic N) is 2. The first kappa shape index (κ1) is 21.7. The highest BCUT2D eigenvalue weighted by molar-refractivity contribution is 5.55. The van der Waals surface area contributed by atoms with Gasteiger partial charge >= 0.3 is 23.5 Å². The Kier molecular flexibility index (Phi) is 5.08. The van der Waals surface area contributed by atoms with E-state index in [4.69, 9.17) is 0 Å². The summed E-state index contributed by atoms with van der Waals surface area (Å²) in [6, 6.07) is 1.02. The van der Waals surface area contributed by atoms with Crippen molar-refractivity contribution in [3.8, 4) is 11.5 Å². The Morgan fingerprint density at radius 3 is 1.34 bits per heavy atom. The highest BCUT2D eigenvalue weighted by Gasteiger charge is 2.73. The average molecular weight is 426 g/mol. The van der Waals surface area contributed by atoms with E-state index in [9.17, 15) is 52.4 Å². The van der Waals surface area contributed by atoms with E-state index in [1.807, 2.05) is 0 Å². The second-order valence-corrected chi connectivity index (χ2v) is 5.65. The number of benzene rings is 2. The summed E-state index contributed by atoms with van der Waals surface area (Å²) in [5.41, 5.74) is -10.9. The molecule has 0 aromatic heterocycles. The van der Waals surface area contributed by atoms with Gasteiger partial charge in [0.15, 0.2) is 11.5 Å². The predicted molar refractivity (Wildman–Crippen MR) is 82.4 cm³/mol. The Balaban J connectivity index is 2.93. The molecule has 0 aliphatic carbocycles. The summed E-state index contributed by atoms with van der Waals surface area (Å²) in [7, 11) is 0. The van der Waals surface area contributed by atoms with Crippen LogP contribution in [0.25, 0.3) is 0 Å². The number of nitro benzene ring substituents is 2. The van der Waals surface area contributed by atoms with Gasteiger partial charge in [0.25, 0.3) is 0 Å². The normalized spacial score (nSPS) is 12.6. The van der Waals surface area contributed by atoms with E-state index in [2.05, 4.69) is 0 Å². The van der Waals surface area contributed by atoms with Crippen LogP contribution in [0.3, 0.4) is 0 Å². The summed E-state index contributed by atoms with van der Waals surface area (Å²) in [4.78, 5) is 19.0. The second kappa shape index (κ2) is 6.79. The Morgan fingerprint density at radius 1 is 0.724 bits per heavy atom. The molecule has 2 aromatic rings. The van der Waals surface area contributed by atoms with Gasteiger partial charge in [-0.05, 0) is 12.1 Å². The van der Waals surface area contributed by atoms with Crippen LogP contribution in [0.1, 0.15) is 11.1 Å². The van der Waals surface area contributed by atoms with Gasteiger partial charge in [-0.3, -0.25) is 20.2 Å². The van der Waals surface area contributed by atoms with Crippen molar-refractivity contribution in [3.63, 3.8) is 0 Å². The highest BCUT2D eigenvalue weighted by atomic mass is 19.4. The van der Waals surface area contributed by atoms with E-state index in [1.165, 1.54) is 0 Å². The van der Waals surface area contributed by atoms with Crippen LogP contribution in [0.2, 0.25) is 0 Å². The van der Waals surface area contributed by atoms with Gasteiger partial charge < -0.3 is 10.2 Å². The summed E-state index contributed by atoms with van der Waals surface area (Å²) in [6.07, 6.45) is -6.53. The van der Waals surface area contributed by atoms with E-state index in [0.717, 1.165) is 0 Å². The van der Waals surface area contributed by atoms with Gasteiger partial charge in [-0.1, -0.05) is 12.1 Å². The maximum absolute atomic E-state index is 15.6. The number of hydrogen-bond acceptors (Lipinski definition) is 6. The first-order valence-corrected chi connectivity index (χ1v) is 7.23. The molecule has 0 aliphatic heterocycles. The van der Waals surface area contributed by atoms with Crippen LogP contribution in [-0.2, 0) is 5.67 Å². The molecule has 0 spiro atoms. The van der Waals surface area contributed by atoms with E-state index in [-0.39, 0.29) is 24.3 Å². The molecule has 0 amide bonds. The van der Waals surface area contributed by atoms with E-state index < -0.39 is 61.6 Å². The molecule has 8 nitrogen and oxygen atoms in total.